The van der Waals surface area contributed by atoms with Gasteiger partial charge in [0, 0.05) is 31.8 Å². The summed E-state index contributed by atoms with van der Waals surface area (Å²) in [4.78, 5) is 12.6. The average Bonchev–Trinajstić information content (AvgIpc) is 2.28. The predicted molar refractivity (Wildman–Crippen MR) is 62.3 cm³/mol. The van der Waals surface area contributed by atoms with E-state index in [4.69, 9.17) is 0 Å². The van der Waals surface area contributed by atoms with Crippen molar-refractivity contribution in [3.8, 4) is 0 Å². The van der Waals surface area contributed by atoms with E-state index in [2.05, 4.69) is 11.5 Å². The van der Waals surface area contributed by atoms with E-state index in [9.17, 15) is 10.1 Å². The molecule has 0 spiro atoms. The molecule has 0 saturated heterocycles. The lowest BCUT2D eigenvalue weighted by molar-refractivity contribution is -0.384. The van der Waals surface area contributed by atoms with Gasteiger partial charge in [-0.1, -0.05) is 12.1 Å². The Kier molecular flexibility index (Phi) is 3.01. The van der Waals surface area contributed by atoms with Crippen molar-refractivity contribution in [2.75, 3.05) is 13.1 Å². The minimum absolute atomic E-state index is 0.191. The number of hydrogen-bond donors (Lipinski definition) is 0. The van der Waals surface area contributed by atoms with E-state index in [-0.39, 0.29) is 10.6 Å². The van der Waals surface area contributed by atoms with Gasteiger partial charge in [0.25, 0.3) is 5.69 Å². The second kappa shape index (κ2) is 4.45. The van der Waals surface area contributed by atoms with Gasteiger partial charge in [0.15, 0.2) is 0 Å². The van der Waals surface area contributed by atoms with Gasteiger partial charge in [-0.3, -0.25) is 15.0 Å². The minimum atomic E-state index is -0.337. The SMILES string of the molecule is C=CCN1CCc2cc([N+](=O)[O-])ccc2C1. The van der Waals surface area contributed by atoms with Crippen molar-refractivity contribution >= 4 is 5.69 Å². The van der Waals surface area contributed by atoms with E-state index in [1.165, 1.54) is 5.56 Å². The Morgan fingerprint density at radius 1 is 1.50 bits per heavy atom. The molecule has 0 aliphatic carbocycles. The predicted octanol–water partition coefficient (Wildman–Crippen LogP) is 2.14. The van der Waals surface area contributed by atoms with Gasteiger partial charge in [0.05, 0.1) is 4.92 Å². The average molecular weight is 218 g/mol. The molecule has 0 N–H and O–H groups in total. The van der Waals surface area contributed by atoms with Crippen LogP contribution in [0.1, 0.15) is 11.1 Å². The maximum Gasteiger partial charge on any atom is 0.269 e. The van der Waals surface area contributed by atoms with Crippen LogP contribution in [-0.2, 0) is 13.0 Å². The first kappa shape index (κ1) is 10.8. The second-order valence-electron chi connectivity index (χ2n) is 3.98. The fourth-order valence-corrected chi connectivity index (χ4v) is 2.05. The molecule has 2 rings (SSSR count). The van der Waals surface area contributed by atoms with Crippen LogP contribution >= 0.6 is 0 Å². The van der Waals surface area contributed by atoms with Gasteiger partial charge in [-0.15, -0.1) is 6.58 Å². The Bertz CT molecular complexity index is 429. The van der Waals surface area contributed by atoms with E-state index in [1.807, 2.05) is 12.1 Å². The first-order valence-electron chi connectivity index (χ1n) is 5.30. The maximum atomic E-state index is 10.6. The molecule has 0 atom stereocenters. The topological polar surface area (TPSA) is 46.4 Å². The van der Waals surface area contributed by atoms with Gasteiger partial charge in [0.1, 0.15) is 0 Å². The molecule has 0 saturated carbocycles. The Hall–Kier alpha value is -1.68. The highest BCUT2D eigenvalue weighted by atomic mass is 16.6. The third kappa shape index (κ3) is 2.12. The third-order valence-corrected chi connectivity index (χ3v) is 2.88. The van der Waals surface area contributed by atoms with E-state index in [1.54, 1.807) is 12.1 Å². The molecule has 1 aliphatic heterocycles. The van der Waals surface area contributed by atoms with Gasteiger partial charge >= 0.3 is 0 Å². The number of nitrogens with zero attached hydrogens (tertiary/aromatic N) is 2. The summed E-state index contributed by atoms with van der Waals surface area (Å²) >= 11 is 0. The molecule has 0 aromatic heterocycles. The van der Waals surface area contributed by atoms with Crippen molar-refractivity contribution in [2.24, 2.45) is 0 Å². The number of rotatable bonds is 3. The Balaban J connectivity index is 2.22. The monoisotopic (exact) mass is 218 g/mol. The lowest BCUT2D eigenvalue weighted by Gasteiger charge is -2.27. The summed E-state index contributed by atoms with van der Waals surface area (Å²) in [5.41, 5.74) is 2.49. The molecule has 84 valence electrons. The quantitative estimate of drug-likeness (QED) is 0.443. The number of fused-ring (bicyclic) bond motifs is 1. The summed E-state index contributed by atoms with van der Waals surface area (Å²) in [5, 5.41) is 10.6. The summed E-state index contributed by atoms with van der Waals surface area (Å²) in [6.07, 6.45) is 2.77. The molecule has 0 unspecified atom stereocenters. The van der Waals surface area contributed by atoms with Crippen molar-refractivity contribution in [1.82, 2.24) is 4.90 Å². The van der Waals surface area contributed by atoms with Crippen molar-refractivity contribution < 1.29 is 4.92 Å². The molecule has 1 aromatic carbocycles. The zero-order valence-electron chi connectivity index (χ0n) is 9.06. The first-order chi connectivity index (χ1) is 7.70. The fraction of sp³-hybridized carbons (Fsp3) is 0.333. The van der Waals surface area contributed by atoms with Crippen molar-refractivity contribution in [3.05, 3.63) is 52.1 Å². The van der Waals surface area contributed by atoms with Crippen molar-refractivity contribution in [1.29, 1.82) is 0 Å². The molecule has 1 aromatic rings. The highest BCUT2D eigenvalue weighted by Gasteiger charge is 2.17. The van der Waals surface area contributed by atoms with Gasteiger partial charge in [-0.05, 0) is 17.5 Å². The fourth-order valence-electron chi connectivity index (χ4n) is 2.05. The van der Waals surface area contributed by atoms with Crippen LogP contribution in [-0.4, -0.2) is 22.9 Å². The first-order valence-corrected chi connectivity index (χ1v) is 5.30. The Labute approximate surface area is 94.3 Å². The normalized spacial score (nSPS) is 15.5. The van der Waals surface area contributed by atoms with E-state index >= 15 is 0 Å². The van der Waals surface area contributed by atoms with Gasteiger partial charge in [0.2, 0.25) is 0 Å². The maximum absolute atomic E-state index is 10.6. The van der Waals surface area contributed by atoms with E-state index in [0.717, 1.165) is 31.6 Å². The standard InChI is InChI=1S/C12H14N2O2/c1-2-6-13-7-5-10-8-12(14(15)16)4-3-11(10)9-13/h2-4,8H,1,5-7,9H2. The Morgan fingerprint density at radius 3 is 3.00 bits per heavy atom. The molecular formula is C12H14N2O2. The summed E-state index contributed by atoms with van der Waals surface area (Å²) in [7, 11) is 0. The van der Waals surface area contributed by atoms with Crippen LogP contribution < -0.4 is 0 Å². The zero-order chi connectivity index (χ0) is 11.5. The van der Waals surface area contributed by atoms with Crippen molar-refractivity contribution in [3.63, 3.8) is 0 Å². The molecule has 4 heteroatoms. The summed E-state index contributed by atoms with van der Waals surface area (Å²) in [6, 6.07) is 5.14. The summed E-state index contributed by atoms with van der Waals surface area (Å²) < 4.78 is 0. The molecule has 4 nitrogen and oxygen atoms in total. The second-order valence-corrected chi connectivity index (χ2v) is 3.98. The molecule has 0 fully saturated rings. The van der Waals surface area contributed by atoms with Crippen LogP contribution in [0.2, 0.25) is 0 Å². The van der Waals surface area contributed by atoms with Gasteiger partial charge < -0.3 is 0 Å². The van der Waals surface area contributed by atoms with Crippen LogP contribution in [0.4, 0.5) is 5.69 Å². The van der Waals surface area contributed by atoms with Crippen LogP contribution in [0, 0.1) is 10.1 Å². The molecule has 0 radical (unpaired) electrons. The van der Waals surface area contributed by atoms with Crippen LogP contribution in [0.25, 0.3) is 0 Å². The zero-order valence-corrected chi connectivity index (χ0v) is 9.06. The highest BCUT2D eigenvalue weighted by molar-refractivity contribution is 5.41. The number of benzene rings is 1. The number of nitro groups is 1. The molecule has 0 bridgehead atoms. The number of hydrogen-bond acceptors (Lipinski definition) is 3. The molecular weight excluding hydrogens is 204 g/mol. The lowest BCUT2D eigenvalue weighted by Crippen LogP contribution is -2.30. The molecule has 16 heavy (non-hydrogen) atoms. The smallest absolute Gasteiger partial charge is 0.269 e. The van der Waals surface area contributed by atoms with E-state index < -0.39 is 0 Å². The van der Waals surface area contributed by atoms with Crippen LogP contribution in [0.15, 0.2) is 30.9 Å². The van der Waals surface area contributed by atoms with Crippen molar-refractivity contribution in [2.45, 2.75) is 13.0 Å². The summed E-state index contributed by atoms with van der Waals surface area (Å²) in [5.74, 6) is 0. The third-order valence-electron chi connectivity index (χ3n) is 2.88. The van der Waals surface area contributed by atoms with Crippen LogP contribution in [0.5, 0.6) is 0 Å². The Morgan fingerprint density at radius 2 is 2.31 bits per heavy atom. The molecule has 1 heterocycles. The minimum Gasteiger partial charge on any atom is -0.295 e. The summed E-state index contributed by atoms with van der Waals surface area (Å²) in [6.45, 7) is 6.39. The van der Waals surface area contributed by atoms with Gasteiger partial charge in [-0.2, -0.15) is 0 Å². The van der Waals surface area contributed by atoms with Crippen LogP contribution in [0.3, 0.4) is 0 Å². The molecule has 0 amide bonds. The number of non-ortho nitro benzene ring substituents is 1. The number of nitro benzene ring substituents is 1. The highest BCUT2D eigenvalue weighted by Crippen LogP contribution is 2.23. The molecule has 1 aliphatic rings. The largest absolute Gasteiger partial charge is 0.295 e. The van der Waals surface area contributed by atoms with E-state index in [0.29, 0.717) is 0 Å². The van der Waals surface area contributed by atoms with Gasteiger partial charge in [-0.25, -0.2) is 0 Å². The lowest BCUT2D eigenvalue weighted by atomic mass is 9.99.